The second-order valence-electron chi connectivity index (χ2n) is 9.15. The van der Waals surface area contributed by atoms with Crippen LogP contribution in [0.4, 0.5) is 5.69 Å². The molecule has 0 saturated carbocycles. The zero-order chi connectivity index (χ0) is 24.8. The van der Waals surface area contributed by atoms with Crippen molar-refractivity contribution in [3.63, 3.8) is 0 Å². The van der Waals surface area contributed by atoms with Crippen molar-refractivity contribution in [2.75, 3.05) is 38.1 Å². The van der Waals surface area contributed by atoms with Crippen molar-refractivity contribution in [1.29, 1.82) is 0 Å². The Labute approximate surface area is 211 Å². The van der Waals surface area contributed by atoms with Crippen molar-refractivity contribution in [3.8, 4) is 0 Å². The van der Waals surface area contributed by atoms with Crippen LogP contribution in [-0.2, 0) is 22.7 Å². The summed E-state index contributed by atoms with van der Waals surface area (Å²) in [5.74, 6) is -0.118. The van der Waals surface area contributed by atoms with Crippen LogP contribution >= 0.6 is 15.9 Å². The number of hydrogen-bond acceptors (Lipinski definition) is 5. The molecule has 184 valence electrons. The van der Waals surface area contributed by atoms with Crippen LogP contribution in [0.2, 0.25) is 0 Å². The summed E-state index contributed by atoms with van der Waals surface area (Å²) in [5.41, 5.74) is 5.49. The quantitative estimate of drug-likeness (QED) is 0.493. The molecule has 7 nitrogen and oxygen atoms in total. The second-order valence-corrected chi connectivity index (χ2v) is 10.1. The fourth-order valence-electron chi connectivity index (χ4n) is 4.33. The number of likely N-dealkylation sites (N-methyl/N-ethyl adjacent to an activating group) is 1. The van der Waals surface area contributed by atoms with E-state index in [0.29, 0.717) is 19.1 Å². The van der Waals surface area contributed by atoms with Crippen LogP contribution in [0.3, 0.4) is 0 Å². The third kappa shape index (κ3) is 6.66. The number of rotatable bonds is 10. The Morgan fingerprint density at radius 1 is 1.03 bits per heavy atom. The molecule has 34 heavy (non-hydrogen) atoms. The van der Waals surface area contributed by atoms with Gasteiger partial charge in [-0.25, -0.2) is 5.01 Å². The van der Waals surface area contributed by atoms with Crippen molar-refractivity contribution in [3.05, 3.63) is 63.1 Å². The Hall–Kier alpha value is -2.26. The molecular weight excluding hydrogens is 494 g/mol. The van der Waals surface area contributed by atoms with Gasteiger partial charge in [-0.1, -0.05) is 54.0 Å². The van der Waals surface area contributed by atoms with Crippen molar-refractivity contribution >= 4 is 33.4 Å². The number of halogens is 1. The summed E-state index contributed by atoms with van der Waals surface area (Å²) in [6, 6.07) is 12.6. The molecule has 1 aliphatic rings. The lowest BCUT2D eigenvalue weighted by molar-refractivity contribution is -0.145. The van der Waals surface area contributed by atoms with Gasteiger partial charge in [-0.2, -0.15) is 0 Å². The van der Waals surface area contributed by atoms with E-state index in [9.17, 15) is 9.59 Å². The second kappa shape index (κ2) is 11.9. The number of aryl methyl sites for hydroxylation is 2. The predicted octanol–water partition coefficient (Wildman–Crippen LogP) is 3.38. The third-order valence-corrected chi connectivity index (χ3v) is 6.53. The molecule has 3 rings (SSSR count). The lowest BCUT2D eigenvalue weighted by atomic mass is 10.1. The average molecular weight is 531 g/mol. The zero-order valence-corrected chi connectivity index (χ0v) is 22.4. The summed E-state index contributed by atoms with van der Waals surface area (Å²) in [6.07, 6.45) is 0. The van der Waals surface area contributed by atoms with Crippen molar-refractivity contribution < 1.29 is 9.59 Å². The van der Waals surface area contributed by atoms with E-state index >= 15 is 0 Å². The molecule has 1 aliphatic heterocycles. The van der Waals surface area contributed by atoms with Crippen LogP contribution in [0, 0.1) is 13.8 Å². The van der Waals surface area contributed by atoms with Gasteiger partial charge in [0.25, 0.3) is 5.91 Å². The van der Waals surface area contributed by atoms with E-state index in [0.717, 1.165) is 34.4 Å². The van der Waals surface area contributed by atoms with Gasteiger partial charge in [0.2, 0.25) is 5.91 Å². The van der Waals surface area contributed by atoms with Crippen molar-refractivity contribution in [2.45, 2.75) is 46.8 Å². The molecule has 0 atom stereocenters. The van der Waals surface area contributed by atoms with Gasteiger partial charge in [-0.3, -0.25) is 19.9 Å². The number of nitrogens with one attached hydrogen (secondary N) is 2. The maximum absolute atomic E-state index is 13.3. The summed E-state index contributed by atoms with van der Waals surface area (Å²) in [7, 11) is 1.79. The molecule has 0 saturated heterocycles. The van der Waals surface area contributed by atoms with Gasteiger partial charge in [0, 0.05) is 49.4 Å². The first kappa shape index (κ1) is 26.3. The minimum atomic E-state index is -0.0652. The predicted molar refractivity (Wildman–Crippen MR) is 140 cm³/mol. The Morgan fingerprint density at radius 3 is 2.15 bits per heavy atom. The van der Waals surface area contributed by atoms with E-state index < -0.39 is 0 Å². The van der Waals surface area contributed by atoms with Gasteiger partial charge < -0.3 is 10.2 Å². The van der Waals surface area contributed by atoms with Crippen LogP contribution in [-0.4, -0.2) is 61.1 Å². The minimum Gasteiger partial charge on any atom is -0.313 e. The summed E-state index contributed by atoms with van der Waals surface area (Å²) >= 11 is 3.54. The summed E-state index contributed by atoms with van der Waals surface area (Å²) in [5, 5.41) is 10.1. The summed E-state index contributed by atoms with van der Waals surface area (Å²) in [4.78, 5) is 27.9. The number of nitrogens with zero attached hydrogens (tertiary/aromatic N) is 3. The van der Waals surface area contributed by atoms with Gasteiger partial charge in [0.1, 0.15) is 0 Å². The van der Waals surface area contributed by atoms with E-state index in [2.05, 4.69) is 52.5 Å². The normalized spacial score (nSPS) is 13.3. The third-order valence-electron chi connectivity index (χ3n) is 6.08. The monoisotopic (exact) mass is 529 g/mol. The highest BCUT2D eigenvalue weighted by Crippen LogP contribution is 2.29. The van der Waals surface area contributed by atoms with Gasteiger partial charge in [-0.05, 0) is 48.2 Å². The largest absolute Gasteiger partial charge is 0.313 e. The number of amides is 2. The van der Waals surface area contributed by atoms with Crippen LogP contribution < -0.4 is 15.5 Å². The number of carbonyl (C=O) groups is 2. The fourth-order valence-corrected chi connectivity index (χ4v) is 5.01. The van der Waals surface area contributed by atoms with Crippen LogP contribution in [0.15, 0.2) is 40.9 Å². The molecule has 1 heterocycles. The minimum absolute atomic E-state index is 0.0527. The Morgan fingerprint density at radius 2 is 1.59 bits per heavy atom. The standard InChI is InChI=1S/C26H36BrN5O2/c1-18(2)29-10-11-32(26-19(3)12-23(27)13-20(26)4)25(34)15-28-14-24(33)30(5)31-16-21-8-6-7-9-22(21)17-31/h6-9,12-13,18,28-29H,10-11,14-17H2,1-5H3. The summed E-state index contributed by atoms with van der Waals surface area (Å²) < 4.78 is 0.995. The summed E-state index contributed by atoms with van der Waals surface area (Å²) in [6.45, 7) is 11.1. The zero-order valence-electron chi connectivity index (χ0n) is 20.8. The number of benzene rings is 2. The lowest BCUT2D eigenvalue weighted by Gasteiger charge is -2.29. The molecule has 0 fully saturated rings. The highest BCUT2D eigenvalue weighted by Gasteiger charge is 2.25. The first-order valence-corrected chi connectivity index (χ1v) is 12.6. The number of hydrogen-bond donors (Lipinski definition) is 2. The van der Waals surface area contributed by atoms with E-state index in [-0.39, 0.29) is 24.9 Å². The molecule has 8 heteroatoms. The van der Waals surface area contributed by atoms with Crippen LogP contribution in [0.1, 0.15) is 36.1 Å². The van der Waals surface area contributed by atoms with E-state index in [1.165, 1.54) is 11.1 Å². The molecule has 0 unspecified atom stereocenters. The maximum Gasteiger partial charge on any atom is 0.250 e. The molecule has 0 bridgehead atoms. The van der Waals surface area contributed by atoms with E-state index in [1.54, 1.807) is 12.1 Å². The number of fused-ring (bicyclic) bond motifs is 1. The molecule has 0 aromatic heterocycles. The van der Waals surface area contributed by atoms with Gasteiger partial charge in [-0.15, -0.1) is 0 Å². The SMILES string of the molecule is Cc1cc(Br)cc(C)c1N(CCNC(C)C)C(=O)CNCC(=O)N(C)N1Cc2ccccc2C1. The fraction of sp³-hybridized carbons (Fsp3) is 0.462. The van der Waals surface area contributed by atoms with Crippen LogP contribution in [0.25, 0.3) is 0 Å². The van der Waals surface area contributed by atoms with Gasteiger partial charge in [0.15, 0.2) is 0 Å². The highest BCUT2D eigenvalue weighted by atomic mass is 79.9. The molecule has 2 aromatic rings. The highest BCUT2D eigenvalue weighted by molar-refractivity contribution is 9.10. The van der Waals surface area contributed by atoms with Crippen molar-refractivity contribution in [1.82, 2.24) is 20.7 Å². The Kier molecular flexibility index (Phi) is 9.24. The average Bonchev–Trinajstić information content (AvgIpc) is 3.20. The van der Waals surface area contributed by atoms with Crippen LogP contribution in [0.5, 0.6) is 0 Å². The topological polar surface area (TPSA) is 67.9 Å². The molecule has 0 spiro atoms. The molecule has 0 aliphatic carbocycles. The number of carbonyl (C=O) groups excluding carboxylic acids is 2. The molecule has 2 N–H and O–H groups in total. The van der Waals surface area contributed by atoms with Crippen molar-refractivity contribution in [2.24, 2.45) is 0 Å². The number of hydrazine groups is 1. The number of anilines is 1. The van der Waals surface area contributed by atoms with Gasteiger partial charge >= 0.3 is 0 Å². The maximum atomic E-state index is 13.3. The Bertz CT molecular complexity index is 978. The first-order chi connectivity index (χ1) is 16.2. The van der Waals surface area contributed by atoms with Gasteiger partial charge in [0.05, 0.1) is 13.1 Å². The molecular formula is C26H36BrN5O2. The smallest absolute Gasteiger partial charge is 0.250 e. The molecule has 2 amide bonds. The Balaban J connectivity index is 1.59. The molecule has 0 radical (unpaired) electrons. The van der Waals surface area contributed by atoms with E-state index in [4.69, 9.17) is 0 Å². The lowest BCUT2D eigenvalue weighted by Crippen LogP contribution is -2.47. The first-order valence-electron chi connectivity index (χ1n) is 11.8. The van der Waals surface area contributed by atoms with E-state index in [1.807, 2.05) is 48.0 Å². The molecule has 2 aromatic carbocycles.